The minimum atomic E-state index is 0.117. The van der Waals surface area contributed by atoms with Crippen LogP contribution in [0.15, 0.2) is 11.3 Å². The Hall–Kier alpha value is -0.830. The van der Waals surface area contributed by atoms with E-state index in [4.69, 9.17) is 0 Å². The Morgan fingerprint density at radius 3 is 2.95 bits per heavy atom. The molecule has 1 N–H and O–H groups in total. The van der Waals surface area contributed by atoms with Crippen LogP contribution < -0.4 is 5.32 Å². The summed E-state index contributed by atoms with van der Waals surface area (Å²) in [7, 11) is 0. The van der Waals surface area contributed by atoms with Crippen LogP contribution in [0.5, 0.6) is 0 Å². The Balaban J connectivity index is 1.84. The number of piperidine rings is 2. The maximum absolute atomic E-state index is 11.7. The molecular weight excluding hydrogens is 260 g/mol. The van der Waals surface area contributed by atoms with Crippen LogP contribution in [0.2, 0.25) is 0 Å². The molecule has 4 rings (SSSR count). The van der Waals surface area contributed by atoms with E-state index < -0.39 is 0 Å². The fourth-order valence-electron chi connectivity index (χ4n) is 6.25. The molecule has 0 radical (unpaired) electrons. The Morgan fingerprint density at radius 2 is 2.14 bits per heavy atom. The largest absolute Gasteiger partial charge is 0.330 e. The van der Waals surface area contributed by atoms with Gasteiger partial charge in [-0.1, -0.05) is 6.92 Å². The molecule has 116 valence electrons. The molecule has 4 unspecified atom stereocenters. The average Bonchev–Trinajstić information content (AvgIpc) is 2.41. The molecular formula is C18H28N2O. The van der Waals surface area contributed by atoms with Gasteiger partial charge in [-0.3, -0.25) is 9.69 Å². The van der Waals surface area contributed by atoms with E-state index in [0.29, 0.717) is 5.54 Å². The van der Waals surface area contributed by atoms with Crippen LogP contribution in [-0.2, 0) is 4.79 Å². The molecule has 2 aliphatic heterocycles. The second kappa shape index (κ2) is 4.84. The van der Waals surface area contributed by atoms with Crippen molar-refractivity contribution in [1.29, 1.82) is 0 Å². The van der Waals surface area contributed by atoms with Crippen LogP contribution in [0.4, 0.5) is 0 Å². The Morgan fingerprint density at radius 1 is 1.33 bits per heavy atom. The predicted molar refractivity (Wildman–Crippen MR) is 83.6 cm³/mol. The first kappa shape index (κ1) is 13.8. The number of carbonyl (C=O) groups excluding carboxylic acids is 1. The van der Waals surface area contributed by atoms with Crippen LogP contribution in [0.1, 0.15) is 58.8 Å². The van der Waals surface area contributed by atoms with Gasteiger partial charge in [0.05, 0.1) is 0 Å². The number of nitrogens with zero attached hydrogens (tertiary/aromatic N) is 1. The standard InChI is InChI=1S/C18H28N2O/c1-12-9-14-10-17(19-13(2)21)16-6-4-8-20-7-3-5-15(14)18(16,20)11-12/h12,14-15H,3-11H2,1-2H3,(H,19,21). The molecule has 2 bridgehead atoms. The van der Waals surface area contributed by atoms with E-state index in [1.54, 1.807) is 12.5 Å². The molecule has 1 saturated carbocycles. The van der Waals surface area contributed by atoms with E-state index in [1.165, 1.54) is 57.3 Å². The van der Waals surface area contributed by atoms with Gasteiger partial charge in [-0.25, -0.2) is 0 Å². The van der Waals surface area contributed by atoms with Crippen LogP contribution in [0.25, 0.3) is 0 Å². The van der Waals surface area contributed by atoms with Gasteiger partial charge >= 0.3 is 0 Å². The lowest BCUT2D eigenvalue weighted by molar-refractivity contribution is -0.119. The molecule has 3 heteroatoms. The molecule has 1 amide bonds. The normalized spacial score (nSPS) is 42.5. The number of hydrogen-bond acceptors (Lipinski definition) is 2. The van der Waals surface area contributed by atoms with Gasteiger partial charge in [0.2, 0.25) is 5.91 Å². The highest BCUT2D eigenvalue weighted by Gasteiger charge is 2.58. The monoisotopic (exact) mass is 288 g/mol. The highest BCUT2D eigenvalue weighted by molar-refractivity contribution is 5.75. The van der Waals surface area contributed by atoms with Gasteiger partial charge in [-0.15, -0.1) is 0 Å². The van der Waals surface area contributed by atoms with Crippen molar-refractivity contribution in [1.82, 2.24) is 10.2 Å². The van der Waals surface area contributed by atoms with Crippen molar-refractivity contribution >= 4 is 5.91 Å². The van der Waals surface area contributed by atoms with Gasteiger partial charge in [0.25, 0.3) is 0 Å². The Bertz CT molecular complexity index is 495. The summed E-state index contributed by atoms with van der Waals surface area (Å²) in [5.41, 5.74) is 3.24. The number of nitrogens with one attached hydrogen (secondary N) is 1. The third-order valence-corrected chi connectivity index (χ3v) is 6.59. The molecule has 2 heterocycles. The summed E-state index contributed by atoms with van der Waals surface area (Å²) >= 11 is 0. The number of rotatable bonds is 1. The molecule has 0 aromatic rings. The number of hydrogen-bond donors (Lipinski definition) is 1. The first-order chi connectivity index (χ1) is 10.1. The van der Waals surface area contributed by atoms with Gasteiger partial charge < -0.3 is 5.32 Å². The molecule has 21 heavy (non-hydrogen) atoms. The summed E-state index contributed by atoms with van der Waals surface area (Å²) in [4.78, 5) is 14.5. The summed E-state index contributed by atoms with van der Waals surface area (Å²) in [6.45, 7) is 6.65. The van der Waals surface area contributed by atoms with Gasteiger partial charge in [0.15, 0.2) is 0 Å². The SMILES string of the molecule is CC(=O)NC1=C2CCCN3CCCC4C(C1)CC(C)CC243. The lowest BCUT2D eigenvalue weighted by atomic mass is 9.52. The quantitative estimate of drug-likeness (QED) is 0.804. The summed E-state index contributed by atoms with van der Waals surface area (Å²) in [6, 6.07) is 0. The van der Waals surface area contributed by atoms with Crippen molar-refractivity contribution in [3.63, 3.8) is 0 Å². The van der Waals surface area contributed by atoms with Gasteiger partial charge in [0.1, 0.15) is 0 Å². The van der Waals surface area contributed by atoms with Crippen LogP contribution in [0.3, 0.4) is 0 Å². The fourth-order valence-corrected chi connectivity index (χ4v) is 6.25. The summed E-state index contributed by atoms with van der Waals surface area (Å²) in [6.07, 6.45) is 9.07. The molecule has 4 aliphatic rings. The van der Waals surface area contributed by atoms with Crippen molar-refractivity contribution < 1.29 is 4.79 Å². The van der Waals surface area contributed by atoms with E-state index in [0.717, 1.165) is 24.2 Å². The average molecular weight is 288 g/mol. The topological polar surface area (TPSA) is 32.3 Å². The van der Waals surface area contributed by atoms with Gasteiger partial charge in [-0.05, 0) is 81.4 Å². The molecule has 3 fully saturated rings. The highest BCUT2D eigenvalue weighted by atomic mass is 16.1. The second-order valence-corrected chi connectivity index (χ2v) is 7.91. The second-order valence-electron chi connectivity index (χ2n) is 7.91. The molecule has 2 aliphatic carbocycles. The molecule has 3 nitrogen and oxygen atoms in total. The third-order valence-electron chi connectivity index (χ3n) is 6.59. The number of allylic oxidation sites excluding steroid dienone is 1. The number of amides is 1. The van der Waals surface area contributed by atoms with E-state index in [2.05, 4.69) is 17.1 Å². The van der Waals surface area contributed by atoms with E-state index in [1.807, 2.05) is 0 Å². The van der Waals surface area contributed by atoms with Crippen molar-refractivity contribution in [3.8, 4) is 0 Å². The number of carbonyl (C=O) groups is 1. The lowest BCUT2D eigenvalue weighted by Crippen LogP contribution is -2.67. The molecule has 0 aromatic carbocycles. The summed E-state index contributed by atoms with van der Waals surface area (Å²) < 4.78 is 0. The first-order valence-electron chi connectivity index (χ1n) is 8.86. The summed E-state index contributed by atoms with van der Waals surface area (Å²) in [5.74, 6) is 2.60. The van der Waals surface area contributed by atoms with Crippen LogP contribution in [0, 0.1) is 17.8 Å². The zero-order valence-electron chi connectivity index (χ0n) is 13.5. The maximum Gasteiger partial charge on any atom is 0.220 e. The molecule has 2 saturated heterocycles. The smallest absolute Gasteiger partial charge is 0.220 e. The molecule has 1 spiro atoms. The van der Waals surface area contributed by atoms with Crippen molar-refractivity contribution in [3.05, 3.63) is 11.3 Å². The van der Waals surface area contributed by atoms with E-state index in [-0.39, 0.29) is 5.91 Å². The van der Waals surface area contributed by atoms with Gasteiger partial charge in [0, 0.05) is 18.2 Å². The van der Waals surface area contributed by atoms with Crippen LogP contribution in [-0.4, -0.2) is 29.4 Å². The predicted octanol–water partition coefficient (Wildman–Crippen LogP) is 3.07. The highest BCUT2D eigenvalue weighted by Crippen LogP contribution is 2.59. The molecule has 4 atom stereocenters. The fraction of sp³-hybridized carbons (Fsp3) is 0.833. The third kappa shape index (κ3) is 1.93. The Kier molecular flexibility index (Phi) is 3.18. The van der Waals surface area contributed by atoms with Gasteiger partial charge in [-0.2, -0.15) is 0 Å². The molecule has 0 aromatic heterocycles. The van der Waals surface area contributed by atoms with E-state index in [9.17, 15) is 4.79 Å². The minimum absolute atomic E-state index is 0.117. The van der Waals surface area contributed by atoms with Crippen molar-refractivity contribution in [2.45, 2.75) is 64.3 Å². The maximum atomic E-state index is 11.7. The first-order valence-corrected chi connectivity index (χ1v) is 8.86. The van der Waals surface area contributed by atoms with Crippen LogP contribution >= 0.6 is 0 Å². The summed E-state index contributed by atoms with van der Waals surface area (Å²) in [5, 5.41) is 3.22. The zero-order valence-corrected chi connectivity index (χ0v) is 13.5. The Labute approximate surface area is 128 Å². The van der Waals surface area contributed by atoms with Crippen molar-refractivity contribution in [2.75, 3.05) is 13.1 Å². The lowest BCUT2D eigenvalue weighted by Gasteiger charge is -2.64. The minimum Gasteiger partial charge on any atom is -0.330 e. The zero-order chi connectivity index (χ0) is 14.6. The van der Waals surface area contributed by atoms with Crippen molar-refractivity contribution in [2.24, 2.45) is 17.8 Å². The van der Waals surface area contributed by atoms with E-state index >= 15 is 0 Å².